The summed E-state index contributed by atoms with van der Waals surface area (Å²) in [7, 11) is 0. The van der Waals surface area contributed by atoms with Crippen LogP contribution in [-0.4, -0.2) is 15.9 Å². The van der Waals surface area contributed by atoms with Crippen molar-refractivity contribution in [2.24, 2.45) is 0 Å². The molecular formula is C17H10Cl2N2O4. The number of esters is 1. The standard InChI is InChI=1S/C17H10Cl2N2O4/c1-9-5-6-12-13(18)8-14(19)16(15(12)20-9)25-17(22)10-3-2-4-11(7-10)21(23)24/h2-8H,1H3. The lowest BCUT2D eigenvalue weighted by Gasteiger charge is -2.11. The number of aromatic nitrogens is 1. The number of halogens is 2. The third-order valence-electron chi connectivity index (χ3n) is 3.46. The number of non-ortho nitro benzene ring substituents is 1. The second-order valence-electron chi connectivity index (χ2n) is 5.22. The molecule has 0 aliphatic carbocycles. The summed E-state index contributed by atoms with van der Waals surface area (Å²) in [4.78, 5) is 27.0. The van der Waals surface area contributed by atoms with Crippen LogP contribution in [0.25, 0.3) is 10.9 Å². The summed E-state index contributed by atoms with van der Waals surface area (Å²) >= 11 is 12.3. The van der Waals surface area contributed by atoms with E-state index >= 15 is 0 Å². The number of ether oxygens (including phenoxy) is 1. The third kappa shape index (κ3) is 3.40. The number of pyridine rings is 1. The van der Waals surface area contributed by atoms with Crippen molar-refractivity contribution in [3.05, 3.63) is 73.9 Å². The molecule has 0 bridgehead atoms. The van der Waals surface area contributed by atoms with Gasteiger partial charge < -0.3 is 4.74 Å². The van der Waals surface area contributed by atoms with Crippen molar-refractivity contribution >= 4 is 45.8 Å². The van der Waals surface area contributed by atoms with Gasteiger partial charge in [0, 0.05) is 23.2 Å². The van der Waals surface area contributed by atoms with Crippen molar-refractivity contribution in [1.29, 1.82) is 0 Å². The molecular weight excluding hydrogens is 367 g/mol. The molecule has 0 saturated carbocycles. The molecule has 0 aliphatic heterocycles. The smallest absolute Gasteiger partial charge is 0.343 e. The zero-order valence-corrected chi connectivity index (χ0v) is 14.3. The molecule has 2 aromatic carbocycles. The first-order valence-electron chi connectivity index (χ1n) is 7.09. The van der Waals surface area contributed by atoms with Gasteiger partial charge in [-0.05, 0) is 31.2 Å². The van der Waals surface area contributed by atoms with Crippen LogP contribution in [-0.2, 0) is 0 Å². The van der Waals surface area contributed by atoms with Gasteiger partial charge in [-0.1, -0.05) is 29.3 Å². The number of rotatable bonds is 3. The molecule has 0 saturated heterocycles. The molecule has 1 heterocycles. The highest BCUT2D eigenvalue weighted by Gasteiger charge is 2.19. The van der Waals surface area contributed by atoms with E-state index in [1.54, 1.807) is 19.1 Å². The second kappa shape index (κ2) is 6.66. The Bertz CT molecular complexity index is 1020. The minimum absolute atomic E-state index is 0.0287. The zero-order chi connectivity index (χ0) is 18.1. The number of hydrogen-bond acceptors (Lipinski definition) is 5. The molecule has 0 radical (unpaired) electrons. The molecule has 25 heavy (non-hydrogen) atoms. The number of nitro groups is 1. The summed E-state index contributed by atoms with van der Waals surface area (Å²) in [5.41, 5.74) is 0.853. The highest BCUT2D eigenvalue weighted by atomic mass is 35.5. The molecule has 0 fully saturated rings. The van der Waals surface area contributed by atoms with Crippen LogP contribution in [0.1, 0.15) is 16.1 Å². The lowest BCUT2D eigenvalue weighted by molar-refractivity contribution is -0.384. The van der Waals surface area contributed by atoms with E-state index in [-0.39, 0.29) is 22.0 Å². The van der Waals surface area contributed by atoms with Gasteiger partial charge in [0.1, 0.15) is 5.52 Å². The summed E-state index contributed by atoms with van der Waals surface area (Å²) in [6, 6.07) is 10.2. The van der Waals surface area contributed by atoms with Crippen molar-refractivity contribution in [3.63, 3.8) is 0 Å². The quantitative estimate of drug-likeness (QED) is 0.278. The minimum atomic E-state index is -0.780. The average molecular weight is 377 g/mol. The number of carbonyl (C=O) groups excluding carboxylic acids is 1. The van der Waals surface area contributed by atoms with Gasteiger partial charge >= 0.3 is 5.97 Å². The highest BCUT2D eigenvalue weighted by molar-refractivity contribution is 6.39. The summed E-state index contributed by atoms with van der Waals surface area (Å²) in [6.45, 7) is 1.78. The van der Waals surface area contributed by atoms with Gasteiger partial charge in [0.2, 0.25) is 0 Å². The molecule has 6 nitrogen and oxygen atoms in total. The Kier molecular flexibility index (Phi) is 4.57. The first kappa shape index (κ1) is 17.1. The van der Waals surface area contributed by atoms with E-state index in [1.165, 1.54) is 24.3 Å². The fraction of sp³-hybridized carbons (Fsp3) is 0.0588. The Morgan fingerprint density at radius 1 is 1.16 bits per heavy atom. The summed E-state index contributed by atoms with van der Waals surface area (Å²) in [6.07, 6.45) is 0. The van der Waals surface area contributed by atoms with Gasteiger partial charge in [0.25, 0.3) is 5.69 Å². The fourth-order valence-electron chi connectivity index (χ4n) is 2.29. The molecule has 8 heteroatoms. The lowest BCUT2D eigenvalue weighted by atomic mass is 10.1. The second-order valence-corrected chi connectivity index (χ2v) is 6.03. The molecule has 0 N–H and O–H groups in total. The summed E-state index contributed by atoms with van der Waals surface area (Å²) < 4.78 is 5.37. The van der Waals surface area contributed by atoms with Crippen molar-refractivity contribution in [2.75, 3.05) is 0 Å². The Hall–Kier alpha value is -2.70. The van der Waals surface area contributed by atoms with E-state index in [4.69, 9.17) is 27.9 Å². The predicted molar refractivity (Wildman–Crippen MR) is 94.6 cm³/mol. The summed E-state index contributed by atoms with van der Waals surface area (Å²) in [5, 5.41) is 11.9. The Morgan fingerprint density at radius 2 is 1.92 bits per heavy atom. The number of benzene rings is 2. The molecule has 0 amide bonds. The first-order chi connectivity index (χ1) is 11.9. The lowest BCUT2D eigenvalue weighted by Crippen LogP contribution is -2.10. The summed E-state index contributed by atoms with van der Waals surface area (Å²) in [5.74, 6) is -0.723. The predicted octanol–water partition coefficient (Wildman–Crippen LogP) is 4.98. The minimum Gasteiger partial charge on any atom is -0.419 e. The van der Waals surface area contributed by atoms with E-state index in [1.807, 2.05) is 0 Å². The van der Waals surface area contributed by atoms with Crippen LogP contribution >= 0.6 is 23.2 Å². The van der Waals surface area contributed by atoms with Gasteiger partial charge in [-0.25, -0.2) is 9.78 Å². The van der Waals surface area contributed by atoms with E-state index in [2.05, 4.69) is 4.98 Å². The van der Waals surface area contributed by atoms with Crippen LogP contribution in [0.15, 0.2) is 42.5 Å². The fourth-order valence-corrected chi connectivity index (χ4v) is 2.84. The Morgan fingerprint density at radius 3 is 2.64 bits per heavy atom. The number of fused-ring (bicyclic) bond motifs is 1. The Balaban J connectivity index is 2.06. The molecule has 0 aliphatic rings. The molecule has 126 valence electrons. The maximum atomic E-state index is 12.4. The number of carbonyl (C=O) groups is 1. The zero-order valence-electron chi connectivity index (χ0n) is 12.8. The molecule has 1 aromatic heterocycles. The number of nitro benzene ring substituents is 1. The third-order valence-corrected chi connectivity index (χ3v) is 4.06. The van der Waals surface area contributed by atoms with Gasteiger partial charge in [-0.2, -0.15) is 0 Å². The monoisotopic (exact) mass is 376 g/mol. The SMILES string of the molecule is Cc1ccc2c(Cl)cc(Cl)c(OC(=O)c3cccc([N+](=O)[O-])c3)c2n1. The van der Waals surface area contributed by atoms with E-state index in [9.17, 15) is 14.9 Å². The normalized spacial score (nSPS) is 10.7. The first-order valence-corrected chi connectivity index (χ1v) is 7.84. The maximum absolute atomic E-state index is 12.4. The van der Waals surface area contributed by atoms with Crippen molar-refractivity contribution < 1.29 is 14.5 Å². The van der Waals surface area contributed by atoms with E-state index in [0.717, 1.165) is 6.07 Å². The number of hydrogen-bond donors (Lipinski definition) is 0. The van der Waals surface area contributed by atoms with Crippen LogP contribution in [0.4, 0.5) is 5.69 Å². The van der Waals surface area contributed by atoms with Crippen LogP contribution in [0.2, 0.25) is 10.0 Å². The van der Waals surface area contributed by atoms with Crippen LogP contribution in [0.3, 0.4) is 0 Å². The van der Waals surface area contributed by atoms with Gasteiger partial charge in [0.05, 0.1) is 20.5 Å². The van der Waals surface area contributed by atoms with E-state index in [0.29, 0.717) is 21.6 Å². The number of nitrogens with zero attached hydrogens (tertiary/aromatic N) is 2. The highest BCUT2D eigenvalue weighted by Crippen LogP contribution is 2.37. The maximum Gasteiger partial charge on any atom is 0.343 e. The topological polar surface area (TPSA) is 82.3 Å². The number of aryl methyl sites for hydroxylation is 1. The van der Waals surface area contributed by atoms with Gasteiger partial charge in [0.15, 0.2) is 5.75 Å². The molecule has 3 rings (SSSR count). The van der Waals surface area contributed by atoms with Crippen molar-refractivity contribution in [2.45, 2.75) is 6.92 Å². The largest absolute Gasteiger partial charge is 0.419 e. The molecule has 0 unspecified atom stereocenters. The molecule has 0 atom stereocenters. The van der Waals surface area contributed by atoms with Crippen molar-refractivity contribution in [1.82, 2.24) is 4.98 Å². The van der Waals surface area contributed by atoms with Gasteiger partial charge in [-0.15, -0.1) is 0 Å². The van der Waals surface area contributed by atoms with Crippen LogP contribution in [0, 0.1) is 17.0 Å². The van der Waals surface area contributed by atoms with Crippen LogP contribution in [0.5, 0.6) is 5.75 Å². The van der Waals surface area contributed by atoms with E-state index < -0.39 is 10.9 Å². The van der Waals surface area contributed by atoms with Crippen molar-refractivity contribution in [3.8, 4) is 5.75 Å². The van der Waals surface area contributed by atoms with Gasteiger partial charge in [-0.3, -0.25) is 10.1 Å². The molecule has 0 spiro atoms. The molecule has 3 aromatic rings. The Labute approximate surface area is 152 Å². The van der Waals surface area contributed by atoms with Crippen LogP contribution < -0.4 is 4.74 Å². The average Bonchev–Trinajstić information content (AvgIpc) is 2.58.